The number of amides is 2. The summed E-state index contributed by atoms with van der Waals surface area (Å²) >= 11 is 1.76. The zero-order valence-electron chi connectivity index (χ0n) is 23.3. The van der Waals surface area contributed by atoms with Gasteiger partial charge >= 0.3 is 0 Å². The Morgan fingerprint density at radius 3 is 1.78 bits per heavy atom. The van der Waals surface area contributed by atoms with Crippen LogP contribution in [0.4, 0.5) is 5.69 Å². The van der Waals surface area contributed by atoms with Crippen molar-refractivity contribution in [2.24, 2.45) is 0 Å². The Labute approximate surface area is 236 Å². The average molecular weight is 554 g/mol. The molecule has 37 heavy (non-hydrogen) atoms. The van der Waals surface area contributed by atoms with Crippen LogP contribution in [0.25, 0.3) is 0 Å². The zero-order chi connectivity index (χ0) is 25.8. The maximum Gasteiger partial charge on any atom is 0.238 e. The minimum absolute atomic E-state index is 0. The first-order valence-corrected chi connectivity index (χ1v) is 15.7. The van der Waals surface area contributed by atoms with Crippen molar-refractivity contribution in [3.8, 4) is 0 Å². The van der Waals surface area contributed by atoms with Gasteiger partial charge in [0.1, 0.15) is 0 Å². The Balaban J connectivity index is 0.00000684. The fourth-order valence-corrected chi connectivity index (χ4v) is 6.01. The van der Waals surface area contributed by atoms with Crippen LogP contribution in [0.15, 0.2) is 24.3 Å². The summed E-state index contributed by atoms with van der Waals surface area (Å²) in [6.07, 6.45) is 21.8. The Hall–Kier alpha value is -1.24. The number of unbranched alkanes of at least 4 members (excludes halogenated alkanes) is 15. The molecule has 1 aliphatic rings. The van der Waals surface area contributed by atoms with E-state index in [2.05, 4.69) is 22.9 Å². The van der Waals surface area contributed by atoms with Gasteiger partial charge in [-0.05, 0) is 24.1 Å². The van der Waals surface area contributed by atoms with Crippen LogP contribution in [0, 0.1) is 0 Å². The van der Waals surface area contributed by atoms with Gasteiger partial charge in [-0.15, -0.1) is 24.2 Å². The van der Waals surface area contributed by atoms with Crippen molar-refractivity contribution in [2.45, 2.75) is 128 Å². The standard InChI is InChI=1S/C30H51N3O2S.ClH/c1-3-4-5-6-7-8-9-10-11-12-13-14-15-16-17-18-23-31-29(35)28-24-36-30(33-28)26-19-21-27(22-20-26)32-25(2)34;/h19-22,28,30,33H,3-18,23-24H2,1-2H3,(H,31,35)(H,32,34);1H/t28-,30?;/m1./s1. The van der Waals surface area contributed by atoms with Crippen molar-refractivity contribution in [1.82, 2.24) is 10.6 Å². The molecule has 212 valence electrons. The van der Waals surface area contributed by atoms with Crippen LogP contribution in [-0.4, -0.2) is 30.2 Å². The molecule has 0 radical (unpaired) electrons. The number of hydrogen-bond acceptors (Lipinski definition) is 4. The van der Waals surface area contributed by atoms with E-state index in [1.807, 2.05) is 24.3 Å². The second-order valence-corrected chi connectivity index (χ2v) is 11.5. The van der Waals surface area contributed by atoms with Gasteiger partial charge in [-0.25, -0.2) is 0 Å². The summed E-state index contributed by atoms with van der Waals surface area (Å²) in [7, 11) is 0. The van der Waals surface area contributed by atoms with Crippen LogP contribution < -0.4 is 16.0 Å². The molecule has 2 amide bonds. The van der Waals surface area contributed by atoms with Gasteiger partial charge in [-0.3, -0.25) is 14.9 Å². The Bertz CT molecular complexity index is 732. The lowest BCUT2D eigenvalue weighted by molar-refractivity contribution is -0.122. The van der Waals surface area contributed by atoms with Crippen molar-refractivity contribution in [3.05, 3.63) is 29.8 Å². The van der Waals surface area contributed by atoms with Crippen molar-refractivity contribution >= 4 is 41.7 Å². The van der Waals surface area contributed by atoms with E-state index in [9.17, 15) is 9.59 Å². The van der Waals surface area contributed by atoms with Crippen LogP contribution in [0.2, 0.25) is 0 Å². The molecular formula is C30H52ClN3O2S. The first-order chi connectivity index (χ1) is 17.6. The number of thioether (sulfide) groups is 1. The summed E-state index contributed by atoms with van der Waals surface area (Å²) < 4.78 is 0. The molecule has 2 rings (SSSR count). The van der Waals surface area contributed by atoms with E-state index in [0.717, 1.165) is 30.0 Å². The zero-order valence-corrected chi connectivity index (χ0v) is 25.0. The molecule has 1 aliphatic heterocycles. The number of carbonyl (C=O) groups excluding carboxylic acids is 2. The summed E-state index contributed by atoms with van der Waals surface area (Å²) in [4.78, 5) is 23.7. The summed E-state index contributed by atoms with van der Waals surface area (Å²) in [6, 6.07) is 7.68. The van der Waals surface area contributed by atoms with Gasteiger partial charge in [0.15, 0.2) is 0 Å². The quantitative estimate of drug-likeness (QED) is 0.142. The van der Waals surface area contributed by atoms with Crippen molar-refractivity contribution in [2.75, 3.05) is 17.6 Å². The molecule has 0 bridgehead atoms. The normalized spacial score (nSPS) is 16.8. The molecule has 3 N–H and O–H groups in total. The van der Waals surface area contributed by atoms with E-state index in [1.54, 1.807) is 11.8 Å². The minimum Gasteiger partial charge on any atom is -0.355 e. The maximum atomic E-state index is 12.5. The van der Waals surface area contributed by atoms with E-state index >= 15 is 0 Å². The van der Waals surface area contributed by atoms with Gasteiger partial charge in [-0.1, -0.05) is 115 Å². The Kier molecular flexibility index (Phi) is 19.8. The van der Waals surface area contributed by atoms with Crippen molar-refractivity contribution < 1.29 is 9.59 Å². The number of nitrogens with one attached hydrogen (secondary N) is 3. The molecule has 0 aromatic heterocycles. The van der Waals surface area contributed by atoms with Crippen molar-refractivity contribution in [1.29, 1.82) is 0 Å². The highest BCUT2D eigenvalue weighted by Gasteiger charge is 2.30. The van der Waals surface area contributed by atoms with Gasteiger partial charge in [-0.2, -0.15) is 0 Å². The van der Waals surface area contributed by atoms with Crippen LogP contribution in [0.5, 0.6) is 0 Å². The number of anilines is 1. The summed E-state index contributed by atoms with van der Waals surface area (Å²) in [5, 5.41) is 9.45. The summed E-state index contributed by atoms with van der Waals surface area (Å²) in [6.45, 7) is 4.56. The third-order valence-electron chi connectivity index (χ3n) is 6.96. The molecule has 5 nitrogen and oxygen atoms in total. The lowest BCUT2D eigenvalue weighted by Gasteiger charge is -2.14. The summed E-state index contributed by atoms with van der Waals surface area (Å²) in [5.41, 5.74) is 1.92. The molecule has 1 unspecified atom stereocenters. The van der Waals surface area contributed by atoms with E-state index in [-0.39, 0.29) is 35.6 Å². The molecule has 2 atom stereocenters. The third-order valence-corrected chi connectivity index (χ3v) is 8.23. The fraction of sp³-hybridized carbons (Fsp3) is 0.733. The molecule has 0 spiro atoms. The van der Waals surface area contributed by atoms with Crippen LogP contribution >= 0.6 is 24.2 Å². The third kappa shape index (κ3) is 15.7. The smallest absolute Gasteiger partial charge is 0.238 e. The number of halogens is 1. The van der Waals surface area contributed by atoms with Gasteiger partial charge in [0.05, 0.1) is 11.4 Å². The highest BCUT2D eigenvalue weighted by Crippen LogP contribution is 2.33. The monoisotopic (exact) mass is 553 g/mol. The molecular weight excluding hydrogens is 502 g/mol. The van der Waals surface area contributed by atoms with Gasteiger partial charge in [0, 0.05) is 24.9 Å². The number of rotatable bonds is 20. The van der Waals surface area contributed by atoms with Gasteiger partial charge in [0.25, 0.3) is 0 Å². The van der Waals surface area contributed by atoms with E-state index in [4.69, 9.17) is 0 Å². The first kappa shape index (κ1) is 33.8. The lowest BCUT2D eigenvalue weighted by atomic mass is 10.0. The molecule has 1 saturated heterocycles. The number of benzene rings is 1. The Morgan fingerprint density at radius 1 is 0.811 bits per heavy atom. The minimum atomic E-state index is -0.143. The molecule has 0 saturated carbocycles. The van der Waals surface area contributed by atoms with Crippen molar-refractivity contribution in [3.63, 3.8) is 0 Å². The molecule has 0 aliphatic carbocycles. The molecule has 1 fully saturated rings. The van der Waals surface area contributed by atoms with Gasteiger partial charge < -0.3 is 10.6 Å². The van der Waals surface area contributed by atoms with Gasteiger partial charge in [0.2, 0.25) is 11.8 Å². The maximum absolute atomic E-state index is 12.5. The van der Waals surface area contributed by atoms with Crippen LogP contribution in [0.3, 0.4) is 0 Å². The molecule has 1 aromatic carbocycles. The number of hydrogen-bond donors (Lipinski definition) is 3. The largest absolute Gasteiger partial charge is 0.355 e. The fourth-order valence-electron chi connectivity index (χ4n) is 4.77. The number of carbonyl (C=O) groups is 2. The van der Waals surface area contributed by atoms with Crippen LogP contribution in [0.1, 0.15) is 128 Å². The highest BCUT2D eigenvalue weighted by atomic mass is 35.5. The van der Waals surface area contributed by atoms with Crippen LogP contribution in [-0.2, 0) is 9.59 Å². The second-order valence-electron chi connectivity index (χ2n) is 10.3. The van der Waals surface area contributed by atoms with E-state index in [1.165, 1.54) is 103 Å². The van der Waals surface area contributed by atoms with E-state index in [0.29, 0.717) is 0 Å². The molecule has 7 heteroatoms. The Morgan fingerprint density at radius 2 is 1.30 bits per heavy atom. The first-order valence-electron chi connectivity index (χ1n) is 14.6. The highest BCUT2D eigenvalue weighted by molar-refractivity contribution is 7.99. The lowest BCUT2D eigenvalue weighted by Crippen LogP contribution is -2.42. The van der Waals surface area contributed by atoms with E-state index < -0.39 is 0 Å². The summed E-state index contributed by atoms with van der Waals surface area (Å²) in [5.74, 6) is 0.820. The topological polar surface area (TPSA) is 70.2 Å². The average Bonchev–Trinajstić information content (AvgIpc) is 3.36. The molecule has 1 aromatic rings. The second kappa shape index (κ2) is 21.7. The SMILES string of the molecule is CCCCCCCCCCCCCCCCCCNC(=O)[C@H]1CSC(c2ccc(NC(C)=O)cc2)N1.Cl. The predicted octanol–water partition coefficient (Wildman–Crippen LogP) is 8.15. The predicted molar refractivity (Wildman–Crippen MR) is 163 cm³/mol. The molecule has 1 heterocycles.